The van der Waals surface area contributed by atoms with E-state index in [2.05, 4.69) is 20.0 Å². The molecule has 9 heteroatoms. The number of hydrogen-bond acceptors (Lipinski definition) is 6. The second kappa shape index (κ2) is 8.91. The molecule has 1 atom stereocenters. The van der Waals surface area contributed by atoms with Gasteiger partial charge in [-0.2, -0.15) is 0 Å². The van der Waals surface area contributed by atoms with Crippen molar-refractivity contribution in [3.63, 3.8) is 0 Å². The minimum atomic E-state index is -3.85. The van der Waals surface area contributed by atoms with E-state index in [0.717, 1.165) is 5.56 Å². The number of sulfonamides is 1. The molecule has 8 nitrogen and oxygen atoms in total. The molecule has 1 amide bonds. The molecule has 30 heavy (non-hydrogen) atoms. The highest BCUT2D eigenvalue weighted by Gasteiger charge is 2.18. The van der Waals surface area contributed by atoms with E-state index < -0.39 is 16.1 Å². The van der Waals surface area contributed by atoms with Gasteiger partial charge in [-0.15, -0.1) is 0 Å². The first-order valence-corrected chi connectivity index (χ1v) is 10.7. The second-order valence-corrected chi connectivity index (χ2v) is 8.40. The summed E-state index contributed by atoms with van der Waals surface area (Å²) in [6.45, 7) is 5.34. The van der Waals surface area contributed by atoms with E-state index in [0.29, 0.717) is 17.1 Å². The van der Waals surface area contributed by atoms with Crippen molar-refractivity contribution in [3.05, 3.63) is 72.1 Å². The highest BCUT2D eigenvalue weighted by atomic mass is 32.2. The summed E-state index contributed by atoms with van der Waals surface area (Å²) in [6.07, 6.45) is 0.745. The molecule has 156 valence electrons. The summed E-state index contributed by atoms with van der Waals surface area (Å²) < 4.78 is 32.9. The van der Waals surface area contributed by atoms with Gasteiger partial charge >= 0.3 is 0 Å². The topological polar surface area (TPSA) is 110 Å². The Morgan fingerprint density at radius 1 is 1.00 bits per heavy atom. The van der Waals surface area contributed by atoms with E-state index in [1.54, 1.807) is 32.0 Å². The van der Waals surface area contributed by atoms with Crippen LogP contribution in [0.3, 0.4) is 0 Å². The lowest BCUT2D eigenvalue weighted by atomic mass is 10.2. The number of nitrogens with zero attached hydrogens (tertiary/aromatic N) is 2. The van der Waals surface area contributed by atoms with E-state index in [-0.39, 0.29) is 16.8 Å². The quantitative estimate of drug-likeness (QED) is 0.600. The van der Waals surface area contributed by atoms with Gasteiger partial charge in [0, 0.05) is 17.6 Å². The predicted molar refractivity (Wildman–Crippen MR) is 114 cm³/mol. The number of carbonyl (C=O) groups is 1. The smallest absolute Gasteiger partial charge is 0.265 e. The van der Waals surface area contributed by atoms with E-state index in [1.807, 2.05) is 19.1 Å². The van der Waals surface area contributed by atoms with Crippen molar-refractivity contribution in [2.45, 2.75) is 31.8 Å². The Balaban J connectivity index is 1.63. The van der Waals surface area contributed by atoms with Gasteiger partial charge in [-0.05, 0) is 63.2 Å². The second-order valence-electron chi connectivity index (χ2n) is 6.71. The molecule has 0 fully saturated rings. The zero-order valence-electron chi connectivity index (χ0n) is 16.8. The van der Waals surface area contributed by atoms with Gasteiger partial charge in [0.15, 0.2) is 6.10 Å². The first-order valence-electron chi connectivity index (χ1n) is 9.20. The maximum absolute atomic E-state index is 12.5. The standard InChI is InChI=1S/C21H22N4O4S/c1-14-4-8-18(9-5-14)29-16(3)20(26)24-17-6-10-19(11-7-17)30(27,28)25-21-22-13-12-15(2)23-21/h4-13,16H,1-3H3,(H,24,26)(H,22,23,25)/t16-/m0/s1. The number of aryl methyl sites for hydroxylation is 2. The molecule has 3 rings (SSSR count). The number of hydrogen-bond donors (Lipinski definition) is 2. The third-order valence-electron chi connectivity index (χ3n) is 4.16. The number of carbonyl (C=O) groups excluding carboxylic acids is 1. The Morgan fingerprint density at radius 3 is 2.30 bits per heavy atom. The Labute approximate surface area is 175 Å². The van der Waals surface area contributed by atoms with Crippen LogP contribution in [0.5, 0.6) is 5.75 Å². The average Bonchev–Trinajstić information content (AvgIpc) is 2.70. The molecule has 0 radical (unpaired) electrons. The normalized spacial score (nSPS) is 12.1. The Morgan fingerprint density at radius 2 is 1.67 bits per heavy atom. The summed E-state index contributed by atoms with van der Waals surface area (Å²) in [5.74, 6) is 0.237. The Bertz CT molecular complexity index is 1130. The summed E-state index contributed by atoms with van der Waals surface area (Å²) in [5.41, 5.74) is 2.19. The van der Waals surface area contributed by atoms with Crippen LogP contribution in [-0.4, -0.2) is 30.4 Å². The molecule has 0 aliphatic heterocycles. The van der Waals surface area contributed by atoms with E-state index in [4.69, 9.17) is 4.74 Å². The maximum atomic E-state index is 12.5. The highest BCUT2D eigenvalue weighted by Crippen LogP contribution is 2.18. The van der Waals surface area contributed by atoms with Gasteiger partial charge in [-0.25, -0.2) is 23.1 Å². The minimum Gasteiger partial charge on any atom is -0.481 e. The van der Waals surface area contributed by atoms with Crippen LogP contribution in [0, 0.1) is 13.8 Å². The van der Waals surface area contributed by atoms with Crippen LogP contribution < -0.4 is 14.8 Å². The van der Waals surface area contributed by atoms with E-state index in [9.17, 15) is 13.2 Å². The molecule has 1 heterocycles. The summed E-state index contributed by atoms with van der Waals surface area (Å²) >= 11 is 0. The molecule has 2 N–H and O–H groups in total. The van der Waals surface area contributed by atoms with Gasteiger partial charge < -0.3 is 10.1 Å². The van der Waals surface area contributed by atoms with Crippen LogP contribution >= 0.6 is 0 Å². The maximum Gasteiger partial charge on any atom is 0.265 e. The predicted octanol–water partition coefficient (Wildman–Crippen LogP) is 3.30. The highest BCUT2D eigenvalue weighted by molar-refractivity contribution is 7.92. The van der Waals surface area contributed by atoms with Crippen molar-refractivity contribution in [1.29, 1.82) is 0 Å². The fourth-order valence-electron chi connectivity index (χ4n) is 2.51. The summed E-state index contributed by atoms with van der Waals surface area (Å²) in [4.78, 5) is 20.3. The zero-order chi connectivity index (χ0) is 21.7. The number of benzene rings is 2. The van der Waals surface area contributed by atoms with Crippen LogP contribution in [0.2, 0.25) is 0 Å². The van der Waals surface area contributed by atoms with E-state index in [1.165, 1.54) is 30.5 Å². The molecular weight excluding hydrogens is 404 g/mol. The van der Waals surface area contributed by atoms with E-state index >= 15 is 0 Å². The fourth-order valence-corrected chi connectivity index (χ4v) is 3.46. The number of rotatable bonds is 7. The fraction of sp³-hybridized carbons (Fsp3) is 0.190. The zero-order valence-corrected chi connectivity index (χ0v) is 17.6. The SMILES string of the molecule is Cc1ccc(O[C@@H](C)C(=O)Nc2ccc(S(=O)(=O)Nc3nccc(C)n3)cc2)cc1. The number of aromatic nitrogens is 2. The molecule has 0 aliphatic carbocycles. The largest absolute Gasteiger partial charge is 0.481 e. The number of ether oxygens (including phenoxy) is 1. The van der Waals surface area contributed by atoms with Crippen LogP contribution in [0.15, 0.2) is 65.7 Å². The first-order chi connectivity index (χ1) is 14.2. The molecule has 3 aromatic rings. The van der Waals surface area contributed by atoms with Crippen LogP contribution in [0.25, 0.3) is 0 Å². The van der Waals surface area contributed by atoms with Crippen molar-refractivity contribution in [1.82, 2.24) is 9.97 Å². The molecule has 2 aromatic carbocycles. The average molecular weight is 426 g/mol. The van der Waals surface area contributed by atoms with Gasteiger partial charge in [0.1, 0.15) is 5.75 Å². The number of anilines is 2. The van der Waals surface area contributed by atoms with Gasteiger partial charge in [0.2, 0.25) is 5.95 Å². The third kappa shape index (κ3) is 5.54. The molecule has 0 aliphatic rings. The lowest BCUT2D eigenvalue weighted by Gasteiger charge is -2.15. The summed E-state index contributed by atoms with van der Waals surface area (Å²) in [7, 11) is -3.85. The van der Waals surface area contributed by atoms with Crippen molar-refractivity contribution in [3.8, 4) is 5.75 Å². The number of amides is 1. The summed E-state index contributed by atoms with van der Waals surface area (Å²) in [5, 5.41) is 2.71. The lowest BCUT2D eigenvalue weighted by molar-refractivity contribution is -0.122. The van der Waals surface area contributed by atoms with Crippen molar-refractivity contribution in [2.75, 3.05) is 10.0 Å². The molecule has 0 bridgehead atoms. The van der Waals surface area contributed by atoms with Gasteiger partial charge in [0.05, 0.1) is 4.90 Å². The summed E-state index contributed by atoms with van der Waals surface area (Å²) in [6, 6.07) is 14.8. The number of nitrogens with one attached hydrogen (secondary N) is 2. The minimum absolute atomic E-state index is 0.00513. The van der Waals surface area contributed by atoms with Gasteiger partial charge in [-0.1, -0.05) is 17.7 Å². The van der Waals surface area contributed by atoms with Crippen LogP contribution in [-0.2, 0) is 14.8 Å². The monoisotopic (exact) mass is 426 g/mol. The van der Waals surface area contributed by atoms with Crippen molar-refractivity contribution >= 4 is 27.6 Å². The van der Waals surface area contributed by atoms with Gasteiger partial charge in [-0.3, -0.25) is 4.79 Å². The molecule has 0 spiro atoms. The lowest BCUT2D eigenvalue weighted by Crippen LogP contribution is -2.30. The van der Waals surface area contributed by atoms with Crippen LogP contribution in [0.1, 0.15) is 18.2 Å². The van der Waals surface area contributed by atoms with Gasteiger partial charge in [0.25, 0.3) is 15.9 Å². The Kier molecular flexibility index (Phi) is 6.31. The molecule has 0 saturated heterocycles. The Hall–Kier alpha value is -3.46. The molecule has 0 unspecified atom stereocenters. The first kappa shape index (κ1) is 21.3. The molecule has 0 saturated carbocycles. The third-order valence-corrected chi connectivity index (χ3v) is 5.50. The van der Waals surface area contributed by atoms with Crippen molar-refractivity contribution in [2.24, 2.45) is 0 Å². The molecule has 1 aromatic heterocycles. The molecular formula is C21H22N4O4S. The van der Waals surface area contributed by atoms with Crippen molar-refractivity contribution < 1.29 is 17.9 Å². The van der Waals surface area contributed by atoms with Crippen LogP contribution in [0.4, 0.5) is 11.6 Å².